The molecule has 0 aromatic heterocycles. The zero-order valence-corrected chi connectivity index (χ0v) is 10.3. The summed E-state index contributed by atoms with van der Waals surface area (Å²) in [6.07, 6.45) is 0.186. The lowest BCUT2D eigenvalue weighted by atomic mass is 9.97. The predicted octanol–water partition coefficient (Wildman–Crippen LogP) is 1.68. The fraction of sp³-hybridized carbons (Fsp3) is 0.500. The first-order valence-electron chi connectivity index (χ1n) is 6.17. The molecule has 1 aromatic rings. The van der Waals surface area contributed by atoms with Crippen LogP contribution < -0.4 is 0 Å². The minimum atomic E-state index is -0.345. The molecule has 2 fully saturated rings. The quantitative estimate of drug-likeness (QED) is 0.601. The molecule has 3 atom stereocenters. The number of rotatable bonds is 4. The Morgan fingerprint density at radius 3 is 2.89 bits per heavy atom. The monoisotopic (exact) mass is 248 g/mol. The second kappa shape index (κ2) is 4.37. The molecule has 0 bridgehead atoms. The lowest BCUT2D eigenvalue weighted by Crippen LogP contribution is -2.37. The number of ether oxygens (including phenoxy) is 3. The van der Waals surface area contributed by atoms with Gasteiger partial charge in [-0.3, -0.25) is 0 Å². The van der Waals surface area contributed by atoms with Crippen molar-refractivity contribution >= 4 is 5.97 Å². The molecule has 4 nitrogen and oxygen atoms in total. The van der Waals surface area contributed by atoms with Gasteiger partial charge in [-0.25, -0.2) is 4.79 Å². The van der Waals surface area contributed by atoms with Crippen molar-refractivity contribution in [2.45, 2.75) is 37.8 Å². The predicted molar refractivity (Wildman–Crippen MR) is 63.9 cm³/mol. The average molecular weight is 248 g/mol. The Bertz CT molecular complexity index is 444. The van der Waals surface area contributed by atoms with E-state index >= 15 is 0 Å². The van der Waals surface area contributed by atoms with Crippen LogP contribution in [0.1, 0.15) is 18.9 Å². The molecule has 1 aromatic carbocycles. The fourth-order valence-electron chi connectivity index (χ4n) is 2.38. The van der Waals surface area contributed by atoms with Gasteiger partial charge in [0, 0.05) is 6.42 Å². The van der Waals surface area contributed by atoms with Crippen molar-refractivity contribution < 1.29 is 19.0 Å². The largest absolute Gasteiger partial charge is 0.458 e. The molecule has 2 aliphatic rings. The third-order valence-electron chi connectivity index (χ3n) is 3.43. The lowest BCUT2D eigenvalue weighted by molar-refractivity contribution is -0.156. The number of hydrogen-bond acceptors (Lipinski definition) is 4. The smallest absolute Gasteiger partial charge is 0.338 e. The van der Waals surface area contributed by atoms with E-state index in [0.717, 1.165) is 12.0 Å². The van der Waals surface area contributed by atoms with E-state index in [2.05, 4.69) is 0 Å². The van der Waals surface area contributed by atoms with Gasteiger partial charge >= 0.3 is 5.97 Å². The number of esters is 1. The number of cyclic esters (lactones) is 1. The first-order valence-corrected chi connectivity index (χ1v) is 6.17. The van der Waals surface area contributed by atoms with E-state index in [9.17, 15) is 4.79 Å². The second-order valence-corrected chi connectivity index (χ2v) is 5.07. The summed E-state index contributed by atoms with van der Waals surface area (Å²) in [5.74, 6) is -0.253. The van der Waals surface area contributed by atoms with Gasteiger partial charge in [0.2, 0.25) is 0 Å². The van der Waals surface area contributed by atoms with E-state index in [-0.39, 0.29) is 23.8 Å². The highest BCUT2D eigenvalue weighted by Crippen LogP contribution is 2.45. The van der Waals surface area contributed by atoms with Crippen molar-refractivity contribution in [2.24, 2.45) is 0 Å². The van der Waals surface area contributed by atoms with E-state index in [4.69, 9.17) is 14.2 Å². The Morgan fingerprint density at radius 2 is 2.17 bits per heavy atom. The maximum absolute atomic E-state index is 11.5. The van der Waals surface area contributed by atoms with Gasteiger partial charge in [-0.2, -0.15) is 0 Å². The van der Waals surface area contributed by atoms with Crippen molar-refractivity contribution in [3.63, 3.8) is 0 Å². The molecular formula is C14H16O4. The van der Waals surface area contributed by atoms with Crippen LogP contribution in [0.5, 0.6) is 0 Å². The van der Waals surface area contributed by atoms with Gasteiger partial charge < -0.3 is 14.2 Å². The van der Waals surface area contributed by atoms with Crippen LogP contribution in [0.4, 0.5) is 0 Å². The van der Waals surface area contributed by atoms with Crippen LogP contribution in [0.3, 0.4) is 0 Å². The van der Waals surface area contributed by atoms with Gasteiger partial charge in [0.05, 0.1) is 13.2 Å². The molecule has 2 heterocycles. The molecule has 0 spiro atoms. The second-order valence-electron chi connectivity index (χ2n) is 5.07. The number of benzene rings is 1. The molecule has 96 valence electrons. The van der Waals surface area contributed by atoms with E-state index in [0.29, 0.717) is 13.2 Å². The van der Waals surface area contributed by atoms with Gasteiger partial charge in [-0.15, -0.1) is 0 Å². The van der Waals surface area contributed by atoms with Gasteiger partial charge in [-0.1, -0.05) is 30.3 Å². The molecule has 3 rings (SSSR count). The van der Waals surface area contributed by atoms with E-state index in [1.165, 1.54) is 0 Å². The average Bonchev–Trinajstić information content (AvgIpc) is 3.03. The number of epoxide rings is 1. The summed E-state index contributed by atoms with van der Waals surface area (Å²) in [5, 5.41) is 0. The van der Waals surface area contributed by atoms with Gasteiger partial charge in [0.25, 0.3) is 0 Å². The molecule has 18 heavy (non-hydrogen) atoms. The molecule has 0 amide bonds. The third-order valence-corrected chi connectivity index (χ3v) is 3.43. The molecule has 2 aliphatic heterocycles. The summed E-state index contributed by atoms with van der Waals surface area (Å²) in [6, 6.07) is 9.94. The van der Waals surface area contributed by atoms with E-state index in [1.807, 2.05) is 37.3 Å². The van der Waals surface area contributed by atoms with Crippen LogP contribution in [-0.2, 0) is 25.6 Å². The van der Waals surface area contributed by atoms with Crippen LogP contribution in [0, 0.1) is 0 Å². The highest BCUT2D eigenvalue weighted by molar-refractivity contribution is 5.80. The zero-order chi connectivity index (χ0) is 12.6. The van der Waals surface area contributed by atoms with Gasteiger partial charge in [0.1, 0.15) is 11.7 Å². The topological polar surface area (TPSA) is 48.1 Å². The number of fused-ring (bicyclic) bond motifs is 1. The summed E-state index contributed by atoms with van der Waals surface area (Å²) in [7, 11) is 0. The highest BCUT2D eigenvalue weighted by Gasteiger charge is 2.62. The molecular weight excluding hydrogens is 232 g/mol. The van der Waals surface area contributed by atoms with Crippen molar-refractivity contribution in [3.8, 4) is 0 Å². The molecule has 0 N–H and O–H groups in total. The summed E-state index contributed by atoms with van der Waals surface area (Å²) >= 11 is 0. The molecule has 4 heteroatoms. The Kier molecular flexibility index (Phi) is 2.84. The summed E-state index contributed by atoms with van der Waals surface area (Å²) < 4.78 is 16.2. The Balaban J connectivity index is 1.48. The van der Waals surface area contributed by atoms with E-state index in [1.54, 1.807) is 0 Å². The molecule has 0 aliphatic carbocycles. The lowest BCUT2D eigenvalue weighted by Gasteiger charge is -2.23. The molecule has 2 saturated heterocycles. The minimum Gasteiger partial charge on any atom is -0.458 e. The summed E-state index contributed by atoms with van der Waals surface area (Å²) in [5.41, 5.74) is 0.808. The van der Waals surface area contributed by atoms with Crippen LogP contribution in [0.15, 0.2) is 30.3 Å². The number of hydrogen-bond donors (Lipinski definition) is 0. The van der Waals surface area contributed by atoms with Crippen molar-refractivity contribution in [2.75, 3.05) is 6.61 Å². The normalized spacial score (nSPS) is 33.7. The van der Waals surface area contributed by atoms with Crippen LogP contribution >= 0.6 is 0 Å². The van der Waals surface area contributed by atoms with Crippen molar-refractivity contribution in [1.29, 1.82) is 0 Å². The maximum atomic E-state index is 11.5. The van der Waals surface area contributed by atoms with Crippen molar-refractivity contribution in [3.05, 3.63) is 35.9 Å². The van der Waals surface area contributed by atoms with Crippen LogP contribution in [0.25, 0.3) is 0 Å². The molecule has 0 unspecified atom stereocenters. The zero-order valence-electron chi connectivity index (χ0n) is 10.3. The standard InChI is InChI=1S/C14H16O4/c1-14-7-11(17-13(15)12(14)18-14)9-16-8-10-5-3-2-4-6-10/h2-6,11-12H,7-9H2,1H3/t11-,12-,14+/m1/s1. The maximum Gasteiger partial charge on any atom is 0.338 e. The Labute approximate surface area is 106 Å². The van der Waals surface area contributed by atoms with Gasteiger partial charge in [0.15, 0.2) is 6.10 Å². The Morgan fingerprint density at radius 1 is 1.39 bits per heavy atom. The van der Waals surface area contributed by atoms with E-state index < -0.39 is 0 Å². The number of carbonyl (C=O) groups is 1. The fourth-order valence-corrected chi connectivity index (χ4v) is 2.38. The first-order chi connectivity index (χ1) is 8.67. The highest BCUT2D eigenvalue weighted by atomic mass is 16.7. The molecule has 0 saturated carbocycles. The Hall–Kier alpha value is -1.39. The van der Waals surface area contributed by atoms with Gasteiger partial charge in [-0.05, 0) is 12.5 Å². The third kappa shape index (κ3) is 2.26. The van der Waals surface area contributed by atoms with Crippen LogP contribution in [-0.4, -0.2) is 30.4 Å². The first kappa shape index (κ1) is 11.7. The summed E-state index contributed by atoms with van der Waals surface area (Å²) in [6.45, 7) is 2.91. The van der Waals surface area contributed by atoms with Crippen LogP contribution in [0.2, 0.25) is 0 Å². The minimum absolute atomic E-state index is 0.190. The number of carbonyl (C=O) groups excluding carboxylic acids is 1. The summed E-state index contributed by atoms with van der Waals surface area (Å²) in [4.78, 5) is 11.5. The molecule has 0 radical (unpaired) electrons. The SMILES string of the molecule is C[C@]12C[C@H](COCc3ccccc3)OC(=O)[C@H]1O2. The van der Waals surface area contributed by atoms with Crippen molar-refractivity contribution in [1.82, 2.24) is 0 Å².